The third-order valence-corrected chi connectivity index (χ3v) is 5.27. The number of aromatic nitrogens is 3. The van der Waals surface area contributed by atoms with E-state index in [0.29, 0.717) is 23.1 Å². The van der Waals surface area contributed by atoms with E-state index in [0.717, 1.165) is 0 Å². The molecule has 10 heteroatoms. The number of nitrogens with one attached hydrogen (secondary N) is 1. The number of fused-ring (bicyclic) bond motifs is 1. The Hall–Kier alpha value is -3.11. The highest BCUT2D eigenvalue weighted by molar-refractivity contribution is 7.12. The molecule has 0 bridgehead atoms. The van der Waals surface area contributed by atoms with Crippen LogP contribution in [-0.4, -0.2) is 57.6 Å². The molecule has 1 aliphatic rings. The van der Waals surface area contributed by atoms with Gasteiger partial charge in [-0.2, -0.15) is 0 Å². The molecular formula is C17H15N5O4S. The number of anilines is 1. The molecule has 9 nitrogen and oxygen atoms in total. The van der Waals surface area contributed by atoms with Crippen LogP contribution in [0.2, 0.25) is 0 Å². The van der Waals surface area contributed by atoms with Crippen molar-refractivity contribution in [1.82, 2.24) is 19.9 Å². The van der Waals surface area contributed by atoms with Crippen LogP contribution in [0.5, 0.6) is 0 Å². The Kier molecular flexibility index (Phi) is 4.21. The number of carboxylic acid groups (broad SMARTS) is 1. The van der Waals surface area contributed by atoms with E-state index in [1.54, 1.807) is 30.8 Å². The predicted octanol–water partition coefficient (Wildman–Crippen LogP) is 0.517. The molecule has 4 rings (SSSR count). The Balaban J connectivity index is 1.91. The van der Waals surface area contributed by atoms with E-state index in [4.69, 9.17) is 0 Å². The summed E-state index contributed by atoms with van der Waals surface area (Å²) in [5.74, 6) is -0.697. The number of carbonyl (C=O) groups is 2. The van der Waals surface area contributed by atoms with Crippen molar-refractivity contribution in [3.8, 4) is 5.13 Å². The van der Waals surface area contributed by atoms with Crippen molar-refractivity contribution >= 4 is 39.9 Å². The molecule has 0 aromatic carbocycles. The highest BCUT2D eigenvalue weighted by Gasteiger charge is 2.30. The topological polar surface area (TPSA) is 117 Å². The summed E-state index contributed by atoms with van der Waals surface area (Å²) in [5, 5.41) is 14.8. The van der Waals surface area contributed by atoms with Gasteiger partial charge in [0.1, 0.15) is 11.4 Å². The maximum Gasteiger partial charge on any atom is 0.341 e. The number of likely N-dealkylation sites (N-methyl/N-ethyl adjacent to an activating group) is 1. The van der Waals surface area contributed by atoms with Crippen molar-refractivity contribution in [3.05, 3.63) is 45.7 Å². The summed E-state index contributed by atoms with van der Waals surface area (Å²) >= 11 is 1.30. The molecule has 0 radical (unpaired) electrons. The number of ketones is 1. The molecule has 1 atom stereocenters. The number of hydrogen-bond donors (Lipinski definition) is 2. The van der Waals surface area contributed by atoms with Crippen molar-refractivity contribution in [2.75, 3.05) is 25.0 Å². The number of nitrogens with zero attached hydrogens (tertiary/aromatic N) is 4. The second kappa shape index (κ2) is 6.56. The molecule has 4 heterocycles. The zero-order chi connectivity index (χ0) is 19.1. The van der Waals surface area contributed by atoms with Crippen molar-refractivity contribution in [2.45, 2.75) is 6.04 Å². The van der Waals surface area contributed by atoms with Gasteiger partial charge in [0.2, 0.25) is 5.43 Å². The fourth-order valence-corrected chi connectivity index (χ4v) is 3.73. The zero-order valence-electron chi connectivity index (χ0n) is 14.2. The summed E-state index contributed by atoms with van der Waals surface area (Å²) in [6, 6.07) is 2.92. The summed E-state index contributed by atoms with van der Waals surface area (Å²) in [6.07, 6.45) is 2.83. The molecule has 0 amide bonds. The number of thiazole rings is 1. The van der Waals surface area contributed by atoms with Gasteiger partial charge in [-0.3, -0.25) is 14.2 Å². The molecule has 1 saturated heterocycles. The Morgan fingerprint density at radius 2 is 2.19 bits per heavy atom. The van der Waals surface area contributed by atoms with Gasteiger partial charge in [-0.25, -0.2) is 14.8 Å². The first kappa shape index (κ1) is 17.3. The number of pyridine rings is 2. The molecule has 138 valence electrons. The molecule has 1 unspecified atom stereocenters. The number of Topliss-reactive ketones (excluding diaryl/α,β-unsaturated/α-hetero) is 1. The summed E-state index contributed by atoms with van der Waals surface area (Å²) in [5.41, 5.74) is -0.647. The van der Waals surface area contributed by atoms with Gasteiger partial charge in [-0.05, 0) is 19.2 Å². The summed E-state index contributed by atoms with van der Waals surface area (Å²) in [7, 11) is 1.73. The lowest BCUT2D eigenvalue weighted by Gasteiger charge is -2.17. The van der Waals surface area contributed by atoms with Gasteiger partial charge in [0.05, 0.1) is 18.0 Å². The van der Waals surface area contributed by atoms with Gasteiger partial charge >= 0.3 is 5.97 Å². The fraction of sp³-hybridized carbons (Fsp3) is 0.235. The fourth-order valence-electron chi connectivity index (χ4n) is 3.11. The molecule has 0 aliphatic carbocycles. The van der Waals surface area contributed by atoms with Crippen LogP contribution >= 0.6 is 11.3 Å². The third-order valence-electron chi connectivity index (χ3n) is 4.50. The molecular weight excluding hydrogens is 370 g/mol. The van der Waals surface area contributed by atoms with Crippen LogP contribution in [-0.2, 0) is 4.79 Å². The molecule has 3 aromatic heterocycles. The minimum atomic E-state index is -1.31. The maximum absolute atomic E-state index is 12.5. The Morgan fingerprint density at radius 1 is 1.37 bits per heavy atom. The van der Waals surface area contributed by atoms with Gasteiger partial charge in [0.15, 0.2) is 16.6 Å². The van der Waals surface area contributed by atoms with Gasteiger partial charge in [-0.1, -0.05) is 0 Å². The van der Waals surface area contributed by atoms with Gasteiger partial charge in [0.25, 0.3) is 0 Å². The Bertz CT molecular complexity index is 1110. The first-order valence-electron chi connectivity index (χ1n) is 8.14. The van der Waals surface area contributed by atoms with Crippen molar-refractivity contribution in [2.24, 2.45) is 0 Å². The predicted molar refractivity (Wildman–Crippen MR) is 100 cm³/mol. The van der Waals surface area contributed by atoms with Crippen LogP contribution in [0, 0.1) is 0 Å². The number of hydrogen-bond acceptors (Lipinski definition) is 8. The summed E-state index contributed by atoms with van der Waals surface area (Å²) in [4.78, 5) is 46.6. The average molecular weight is 385 g/mol. The van der Waals surface area contributed by atoms with Crippen LogP contribution in [0.3, 0.4) is 0 Å². The number of carbonyl (C=O) groups excluding carboxylic acids is 1. The van der Waals surface area contributed by atoms with E-state index in [9.17, 15) is 19.5 Å². The second-order valence-electron chi connectivity index (χ2n) is 6.09. The van der Waals surface area contributed by atoms with Crippen molar-refractivity contribution in [3.63, 3.8) is 0 Å². The molecule has 27 heavy (non-hydrogen) atoms. The van der Waals surface area contributed by atoms with Crippen LogP contribution in [0.15, 0.2) is 34.7 Å². The first-order valence-corrected chi connectivity index (χ1v) is 9.02. The monoisotopic (exact) mass is 385 g/mol. The number of carboxylic acids is 1. The SMILES string of the molecule is CNC1CN(c2ccc3c(=O)c(C(=O)O)cn(-c4nccs4)c3n2)CC1=O. The largest absolute Gasteiger partial charge is 0.477 e. The number of aromatic carboxylic acids is 1. The van der Waals surface area contributed by atoms with Crippen LogP contribution in [0.1, 0.15) is 10.4 Å². The molecule has 2 N–H and O–H groups in total. The third kappa shape index (κ3) is 2.88. The van der Waals surface area contributed by atoms with Gasteiger partial charge < -0.3 is 15.3 Å². The lowest BCUT2D eigenvalue weighted by atomic mass is 10.2. The minimum Gasteiger partial charge on any atom is -0.477 e. The van der Waals surface area contributed by atoms with Crippen LogP contribution in [0.4, 0.5) is 5.82 Å². The lowest BCUT2D eigenvalue weighted by molar-refractivity contribution is -0.117. The van der Waals surface area contributed by atoms with Crippen molar-refractivity contribution in [1.29, 1.82) is 0 Å². The van der Waals surface area contributed by atoms with E-state index >= 15 is 0 Å². The summed E-state index contributed by atoms with van der Waals surface area (Å²) < 4.78 is 1.50. The Morgan fingerprint density at radius 3 is 2.81 bits per heavy atom. The molecule has 0 spiro atoms. The maximum atomic E-state index is 12.5. The molecule has 1 aliphatic heterocycles. The number of rotatable bonds is 4. The second-order valence-corrected chi connectivity index (χ2v) is 6.96. The van der Waals surface area contributed by atoms with E-state index < -0.39 is 11.4 Å². The lowest BCUT2D eigenvalue weighted by Crippen LogP contribution is -2.33. The first-order chi connectivity index (χ1) is 13.0. The Labute approximate surface area is 156 Å². The molecule has 1 fully saturated rings. The van der Waals surface area contributed by atoms with Crippen LogP contribution < -0.4 is 15.6 Å². The smallest absolute Gasteiger partial charge is 0.341 e. The van der Waals surface area contributed by atoms with Gasteiger partial charge in [-0.15, -0.1) is 11.3 Å². The average Bonchev–Trinajstić information content (AvgIpc) is 3.31. The zero-order valence-corrected chi connectivity index (χ0v) is 15.1. The minimum absolute atomic E-state index is 0.0675. The molecule has 3 aromatic rings. The van der Waals surface area contributed by atoms with E-state index in [-0.39, 0.29) is 29.3 Å². The van der Waals surface area contributed by atoms with E-state index in [1.165, 1.54) is 22.1 Å². The highest BCUT2D eigenvalue weighted by atomic mass is 32.1. The normalized spacial score (nSPS) is 17.0. The van der Waals surface area contributed by atoms with Gasteiger partial charge in [0, 0.05) is 24.3 Å². The van der Waals surface area contributed by atoms with Crippen LogP contribution in [0.25, 0.3) is 16.2 Å². The standard InChI is InChI=1S/C17H15N5O4S/c1-18-11-7-21(8-12(11)23)13-3-2-9-14(24)10(16(25)26)6-22(15(9)20-13)17-19-4-5-27-17/h2-6,11,18H,7-8H2,1H3,(H,25,26). The highest BCUT2D eigenvalue weighted by Crippen LogP contribution is 2.23. The van der Waals surface area contributed by atoms with Crippen molar-refractivity contribution < 1.29 is 14.7 Å². The summed E-state index contributed by atoms with van der Waals surface area (Å²) in [6.45, 7) is 0.696. The van der Waals surface area contributed by atoms with E-state index in [1.807, 2.05) is 4.90 Å². The van der Waals surface area contributed by atoms with E-state index in [2.05, 4.69) is 15.3 Å². The quantitative estimate of drug-likeness (QED) is 0.667. The molecule has 0 saturated carbocycles.